The highest BCUT2D eigenvalue weighted by atomic mass is 32.1. The van der Waals surface area contributed by atoms with Crippen molar-refractivity contribution in [3.63, 3.8) is 0 Å². The van der Waals surface area contributed by atoms with E-state index in [0.717, 1.165) is 43.3 Å². The first-order valence-electron chi connectivity index (χ1n) is 7.67. The fraction of sp³-hybridized carbons (Fsp3) is 0.438. The zero-order valence-electron chi connectivity index (χ0n) is 13.2. The lowest BCUT2D eigenvalue weighted by molar-refractivity contribution is 0.786. The van der Waals surface area contributed by atoms with Crippen LogP contribution in [0.4, 0.5) is 0 Å². The summed E-state index contributed by atoms with van der Waals surface area (Å²) in [6, 6.07) is 5.98. The second-order valence-corrected chi connectivity index (χ2v) is 5.72. The molecule has 0 amide bonds. The van der Waals surface area contributed by atoms with Gasteiger partial charge in [-0.25, -0.2) is 9.98 Å². The summed E-state index contributed by atoms with van der Waals surface area (Å²) in [5, 5.41) is 9.84. The van der Waals surface area contributed by atoms with Crippen molar-refractivity contribution < 1.29 is 0 Å². The molecule has 0 unspecified atom stereocenters. The van der Waals surface area contributed by atoms with E-state index in [2.05, 4.69) is 44.8 Å². The molecule has 0 radical (unpaired) electrons. The Morgan fingerprint density at radius 3 is 2.82 bits per heavy atom. The molecule has 5 nitrogen and oxygen atoms in total. The standard InChI is InChI=1S/C16H23N5S/c1-3-15-21-14(12-22-15)11-20-16(17-4-2)19-10-8-13-7-5-6-9-18-13/h5-7,9,12H,3-4,8,10-11H2,1-2H3,(H2,17,19,20). The van der Waals surface area contributed by atoms with E-state index < -0.39 is 0 Å². The quantitative estimate of drug-likeness (QED) is 0.608. The summed E-state index contributed by atoms with van der Waals surface area (Å²) in [4.78, 5) is 13.4. The number of hydrogen-bond donors (Lipinski definition) is 2. The minimum Gasteiger partial charge on any atom is -0.357 e. The van der Waals surface area contributed by atoms with E-state index in [0.29, 0.717) is 6.54 Å². The molecule has 0 aliphatic carbocycles. The van der Waals surface area contributed by atoms with E-state index in [-0.39, 0.29) is 0 Å². The number of rotatable bonds is 7. The number of thiazole rings is 1. The molecule has 22 heavy (non-hydrogen) atoms. The molecule has 118 valence electrons. The van der Waals surface area contributed by atoms with Crippen LogP contribution in [0.3, 0.4) is 0 Å². The Labute approximate surface area is 135 Å². The van der Waals surface area contributed by atoms with Gasteiger partial charge in [-0.15, -0.1) is 11.3 Å². The van der Waals surface area contributed by atoms with Gasteiger partial charge < -0.3 is 10.6 Å². The molecule has 2 rings (SSSR count). The first kappa shape index (κ1) is 16.4. The largest absolute Gasteiger partial charge is 0.357 e. The monoisotopic (exact) mass is 317 g/mol. The topological polar surface area (TPSA) is 62.2 Å². The van der Waals surface area contributed by atoms with Crippen molar-refractivity contribution in [2.75, 3.05) is 13.1 Å². The fourth-order valence-electron chi connectivity index (χ4n) is 1.94. The Morgan fingerprint density at radius 1 is 1.23 bits per heavy atom. The molecule has 0 aromatic carbocycles. The SMILES string of the molecule is CCNC(=NCc1csc(CC)n1)NCCc1ccccn1. The number of pyridine rings is 1. The summed E-state index contributed by atoms with van der Waals surface area (Å²) in [5.74, 6) is 0.824. The molecule has 0 saturated carbocycles. The van der Waals surface area contributed by atoms with Crippen molar-refractivity contribution in [3.8, 4) is 0 Å². The van der Waals surface area contributed by atoms with E-state index in [9.17, 15) is 0 Å². The number of guanidine groups is 1. The maximum atomic E-state index is 4.58. The highest BCUT2D eigenvalue weighted by molar-refractivity contribution is 7.09. The van der Waals surface area contributed by atoms with Crippen LogP contribution in [0.1, 0.15) is 30.2 Å². The third-order valence-electron chi connectivity index (χ3n) is 3.04. The van der Waals surface area contributed by atoms with Crippen LogP contribution in [0.2, 0.25) is 0 Å². The maximum absolute atomic E-state index is 4.58. The number of nitrogens with one attached hydrogen (secondary N) is 2. The summed E-state index contributed by atoms with van der Waals surface area (Å²) >= 11 is 1.70. The zero-order valence-corrected chi connectivity index (χ0v) is 14.0. The van der Waals surface area contributed by atoms with Gasteiger partial charge in [-0.1, -0.05) is 13.0 Å². The van der Waals surface area contributed by atoms with Crippen LogP contribution in [-0.2, 0) is 19.4 Å². The predicted molar refractivity (Wildman–Crippen MR) is 92.3 cm³/mol. The minimum absolute atomic E-state index is 0.607. The van der Waals surface area contributed by atoms with Crippen LogP contribution in [-0.4, -0.2) is 29.0 Å². The lowest BCUT2D eigenvalue weighted by Gasteiger charge is -2.10. The Bertz CT molecular complexity index is 579. The van der Waals surface area contributed by atoms with Crippen molar-refractivity contribution in [2.24, 2.45) is 4.99 Å². The van der Waals surface area contributed by atoms with E-state index in [1.165, 1.54) is 5.01 Å². The molecule has 0 saturated heterocycles. The van der Waals surface area contributed by atoms with Crippen LogP contribution in [0, 0.1) is 0 Å². The van der Waals surface area contributed by atoms with Gasteiger partial charge in [0, 0.05) is 36.8 Å². The van der Waals surface area contributed by atoms with Gasteiger partial charge in [0.25, 0.3) is 0 Å². The first-order valence-corrected chi connectivity index (χ1v) is 8.55. The minimum atomic E-state index is 0.607. The summed E-state index contributed by atoms with van der Waals surface area (Å²) in [6.07, 6.45) is 3.68. The number of aryl methyl sites for hydroxylation is 1. The number of nitrogens with zero attached hydrogens (tertiary/aromatic N) is 3. The molecule has 2 aromatic rings. The molecule has 2 N–H and O–H groups in total. The van der Waals surface area contributed by atoms with Gasteiger partial charge in [0.15, 0.2) is 5.96 Å². The molecule has 0 atom stereocenters. The third kappa shape index (κ3) is 5.44. The summed E-state index contributed by atoms with van der Waals surface area (Å²) in [7, 11) is 0. The van der Waals surface area contributed by atoms with E-state index in [4.69, 9.17) is 0 Å². The van der Waals surface area contributed by atoms with E-state index in [1.54, 1.807) is 11.3 Å². The van der Waals surface area contributed by atoms with Gasteiger partial charge in [-0.3, -0.25) is 4.98 Å². The fourth-order valence-corrected chi connectivity index (χ4v) is 2.68. The second kappa shape index (κ2) is 9.15. The molecule has 0 fully saturated rings. The number of aliphatic imine (C=N–C) groups is 1. The van der Waals surface area contributed by atoms with Crippen LogP contribution in [0.5, 0.6) is 0 Å². The highest BCUT2D eigenvalue weighted by Gasteiger charge is 2.01. The van der Waals surface area contributed by atoms with Crippen molar-refractivity contribution in [3.05, 3.63) is 46.2 Å². The molecule has 2 heterocycles. The van der Waals surface area contributed by atoms with Gasteiger partial charge in [0.1, 0.15) is 0 Å². The molecule has 0 aliphatic rings. The molecular weight excluding hydrogens is 294 g/mol. The Hall–Kier alpha value is -1.95. The van der Waals surface area contributed by atoms with Crippen molar-refractivity contribution in [2.45, 2.75) is 33.2 Å². The van der Waals surface area contributed by atoms with Gasteiger partial charge in [-0.05, 0) is 25.5 Å². The molecule has 0 spiro atoms. The Balaban J connectivity index is 1.84. The molecule has 0 bridgehead atoms. The average molecular weight is 317 g/mol. The molecular formula is C16H23N5S. The van der Waals surface area contributed by atoms with Crippen LogP contribution in [0.15, 0.2) is 34.8 Å². The van der Waals surface area contributed by atoms with Crippen LogP contribution >= 0.6 is 11.3 Å². The summed E-state index contributed by atoms with van der Waals surface area (Å²) < 4.78 is 0. The van der Waals surface area contributed by atoms with Crippen LogP contribution in [0.25, 0.3) is 0 Å². The normalized spacial score (nSPS) is 11.5. The van der Waals surface area contributed by atoms with Crippen molar-refractivity contribution in [1.29, 1.82) is 0 Å². The van der Waals surface area contributed by atoms with Crippen molar-refractivity contribution in [1.82, 2.24) is 20.6 Å². The molecule has 2 aromatic heterocycles. The molecule has 6 heteroatoms. The van der Waals surface area contributed by atoms with Gasteiger partial charge in [-0.2, -0.15) is 0 Å². The second-order valence-electron chi connectivity index (χ2n) is 4.78. The van der Waals surface area contributed by atoms with Gasteiger partial charge in [0.05, 0.1) is 17.2 Å². The Kier molecular flexibility index (Phi) is 6.83. The summed E-state index contributed by atoms with van der Waals surface area (Å²) in [6.45, 7) is 6.44. The van der Waals surface area contributed by atoms with Crippen molar-refractivity contribution >= 4 is 17.3 Å². The third-order valence-corrected chi connectivity index (χ3v) is 4.09. The number of hydrogen-bond acceptors (Lipinski definition) is 4. The van der Waals surface area contributed by atoms with Crippen LogP contribution < -0.4 is 10.6 Å². The average Bonchev–Trinajstić information content (AvgIpc) is 3.02. The van der Waals surface area contributed by atoms with Gasteiger partial charge in [0.2, 0.25) is 0 Å². The zero-order chi connectivity index (χ0) is 15.6. The van der Waals surface area contributed by atoms with E-state index in [1.807, 2.05) is 24.4 Å². The lowest BCUT2D eigenvalue weighted by Crippen LogP contribution is -2.38. The first-order chi connectivity index (χ1) is 10.8. The molecule has 0 aliphatic heterocycles. The predicted octanol–water partition coefficient (Wildman–Crippen LogP) is 2.40. The lowest BCUT2D eigenvalue weighted by atomic mass is 10.3. The summed E-state index contributed by atoms with van der Waals surface area (Å²) in [5.41, 5.74) is 2.11. The van der Waals surface area contributed by atoms with Gasteiger partial charge >= 0.3 is 0 Å². The highest BCUT2D eigenvalue weighted by Crippen LogP contribution is 2.10. The van der Waals surface area contributed by atoms with E-state index >= 15 is 0 Å². The Morgan fingerprint density at radius 2 is 2.14 bits per heavy atom. The maximum Gasteiger partial charge on any atom is 0.191 e. The smallest absolute Gasteiger partial charge is 0.191 e. The number of aromatic nitrogens is 2.